The van der Waals surface area contributed by atoms with Crippen LogP contribution in [0.25, 0.3) is 0 Å². The van der Waals surface area contributed by atoms with E-state index in [1.54, 1.807) is 0 Å². The van der Waals surface area contributed by atoms with E-state index in [-0.39, 0.29) is 5.91 Å². The largest absolute Gasteiger partial charge is 0.381 e. The van der Waals surface area contributed by atoms with E-state index < -0.39 is 15.3 Å². The molecule has 1 heterocycles. The lowest BCUT2D eigenvalue weighted by atomic mass is 9.82. The highest BCUT2D eigenvalue weighted by Gasteiger charge is 2.68. The van der Waals surface area contributed by atoms with Crippen molar-refractivity contribution in [3.05, 3.63) is 34.3 Å². The molecule has 1 aliphatic carbocycles. The molecule has 1 aromatic rings. The van der Waals surface area contributed by atoms with Crippen LogP contribution in [0, 0.1) is 5.41 Å². The maximum Gasteiger partial charge on any atom is 0.229 e. The number of amides is 1. The molecule has 22 heavy (non-hydrogen) atoms. The molecule has 1 aliphatic heterocycles. The van der Waals surface area contributed by atoms with Gasteiger partial charge in [-0.3, -0.25) is 4.79 Å². The zero-order valence-electron chi connectivity index (χ0n) is 12.3. The molecule has 2 aliphatic rings. The van der Waals surface area contributed by atoms with Crippen molar-refractivity contribution in [2.45, 2.75) is 36.1 Å². The third-order valence-corrected chi connectivity index (χ3v) is 6.43. The Morgan fingerprint density at radius 2 is 1.95 bits per heavy atom. The first-order chi connectivity index (χ1) is 10.3. The molecule has 3 rings (SSSR count). The molecule has 0 aromatic heterocycles. The van der Waals surface area contributed by atoms with Crippen molar-refractivity contribution in [2.75, 3.05) is 13.2 Å². The minimum Gasteiger partial charge on any atom is -0.381 e. The number of benzene rings is 1. The Bertz CT molecular complexity index is 602. The van der Waals surface area contributed by atoms with Gasteiger partial charge in [0, 0.05) is 17.7 Å². The number of carbonyl (C=O) groups is 1. The molecule has 1 atom stereocenters. The summed E-state index contributed by atoms with van der Waals surface area (Å²) in [6, 6.07) is 8.05. The molecule has 0 radical (unpaired) electrons. The smallest absolute Gasteiger partial charge is 0.229 e. The van der Waals surface area contributed by atoms with Gasteiger partial charge in [-0.05, 0) is 43.9 Å². The molecule has 1 saturated heterocycles. The molecule has 0 bridgehead atoms. The van der Waals surface area contributed by atoms with Crippen molar-refractivity contribution in [1.29, 1.82) is 0 Å². The molecule has 1 amide bonds. The average Bonchev–Trinajstić information content (AvgIpc) is 3.00. The number of alkyl halides is 2. The van der Waals surface area contributed by atoms with E-state index in [4.69, 9.17) is 27.9 Å². The number of ether oxygens (including phenoxy) is 1. The minimum absolute atomic E-state index is 0.0839. The van der Waals surface area contributed by atoms with Gasteiger partial charge in [0.15, 0.2) is 0 Å². The lowest BCUT2D eigenvalue weighted by Crippen LogP contribution is -2.52. The first-order valence-corrected chi connectivity index (χ1v) is 8.88. The van der Waals surface area contributed by atoms with Crippen molar-refractivity contribution in [3.8, 4) is 0 Å². The predicted octanol–water partition coefficient (Wildman–Crippen LogP) is 4.15. The van der Waals surface area contributed by atoms with Gasteiger partial charge in [0.25, 0.3) is 0 Å². The zero-order chi connectivity index (χ0) is 16.0. The van der Waals surface area contributed by atoms with Crippen LogP contribution in [0.3, 0.4) is 0 Å². The lowest BCUT2D eigenvalue weighted by molar-refractivity contribution is -0.129. The standard InChI is InChI=1S/C16H18BrCl2NO2/c1-14(10-16(14,18)19)13(21)20-15(5-7-22-8-6-15)11-3-2-4-12(17)9-11/h2-4,9H,5-8,10H2,1H3,(H,20,21). The topological polar surface area (TPSA) is 38.3 Å². The Labute approximate surface area is 148 Å². The van der Waals surface area contributed by atoms with Gasteiger partial charge in [-0.15, -0.1) is 23.2 Å². The van der Waals surface area contributed by atoms with Gasteiger partial charge in [-0.2, -0.15) is 0 Å². The molecule has 1 N–H and O–H groups in total. The highest BCUT2D eigenvalue weighted by atomic mass is 79.9. The predicted molar refractivity (Wildman–Crippen MR) is 91.2 cm³/mol. The summed E-state index contributed by atoms with van der Waals surface area (Å²) in [6.45, 7) is 3.06. The molecular formula is C16H18BrCl2NO2. The second kappa shape index (κ2) is 5.66. The number of halogens is 3. The summed E-state index contributed by atoms with van der Waals surface area (Å²) in [6.07, 6.45) is 1.96. The van der Waals surface area contributed by atoms with E-state index in [0.29, 0.717) is 19.6 Å². The van der Waals surface area contributed by atoms with Crippen molar-refractivity contribution in [1.82, 2.24) is 5.32 Å². The fraction of sp³-hybridized carbons (Fsp3) is 0.562. The average molecular weight is 407 g/mol. The van der Waals surface area contributed by atoms with Crippen molar-refractivity contribution in [2.24, 2.45) is 5.41 Å². The maximum absolute atomic E-state index is 12.7. The van der Waals surface area contributed by atoms with Crippen molar-refractivity contribution >= 4 is 45.0 Å². The van der Waals surface area contributed by atoms with E-state index in [2.05, 4.69) is 27.3 Å². The first-order valence-electron chi connectivity index (χ1n) is 7.33. The summed E-state index contributed by atoms with van der Waals surface area (Å²) in [5, 5.41) is 3.23. The van der Waals surface area contributed by atoms with Crippen LogP contribution in [0.5, 0.6) is 0 Å². The highest BCUT2D eigenvalue weighted by molar-refractivity contribution is 9.10. The molecule has 1 aromatic carbocycles. The lowest BCUT2D eigenvalue weighted by Gasteiger charge is -2.39. The van der Waals surface area contributed by atoms with E-state index in [9.17, 15) is 4.79 Å². The van der Waals surface area contributed by atoms with Crippen LogP contribution in [-0.2, 0) is 15.1 Å². The van der Waals surface area contributed by atoms with Gasteiger partial charge in [0.1, 0.15) is 4.33 Å². The van der Waals surface area contributed by atoms with E-state index in [1.807, 2.05) is 25.1 Å². The highest BCUT2D eigenvalue weighted by Crippen LogP contribution is 2.64. The number of hydrogen-bond donors (Lipinski definition) is 1. The normalized spacial score (nSPS) is 28.9. The van der Waals surface area contributed by atoms with E-state index in [1.165, 1.54) is 0 Å². The second-order valence-corrected chi connectivity index (χ2v) is 8.77. The van der Waals surface area contributed by atoms with Crippen LogP contribution >= 0.6 is 39.1 Å². The Hall–Kier alpha value is -0.290. The van der Waals surface area contributed by atoms with Crippen LogP contribution in [0.15, 0.2) is 28.7 Å². The first kappa shape index (κ1) is 16.6. The Kier molecular flexibility index (Phi) is 4.26. The van der Waals surface area contributed by atoms with Gasteiger partial charge in [-0.25, -0.2) is 0 Å². The fourth-order valence-electron chi connectivity index (χ4n) is 2.99. The summed E-state index contributed by atoms with van der Waals surface area (Å²) >= 11 is 15.8. The Morgan fingerprint density at radius 1 is 1.32 bits per heavy atom. The quantitative estimate of drug-likeness (QED) is 0.765. The molecule has 0 spiro atoms. The number of nitrogens with one attached hydrogen (secondary N) is 1. The third kappa shape index (κ3) is 2.79. The van der Waals surface area contributed by atoms with E-state index in [0.717, 1.165) is 22.9 Å². The van der Waals surface area contributed by atoms with Crippen LogP contribution in [0.1, 0.15) is 31.7 Å². The summed E-state index contributed by atoms with van der Waals surface area (Å²) in [4.78, 5) is 12.7. The molecule has 3 nitrogen and oxygen atoms in total. The second-order valence-electron chi connectivity index (χ2n) is 6.37. The van der Waals surface area contributed by atoms with Gasteiger partial charge in [0.05, 0.1) is 11.0 Å². The van der Waals surface area contributed by atoms with Crippen LogP contribution < -0.4 is 5.32 Å². The molecular weight excluding hydrogens is 389 g/mol. The summed E-state index contributed by atoms with van der Waals surface area (Å²) in [5.74, 6) is -0.0839. The molecule has 120 valence electrons. The van der Waals surface area contributed by atoms with E-state index >= 15 is 0 Å². The fourth-order valence-corrected chi connectivity index (χ4v) is 4.10. The van der Waals surface area contributed by atoms with Crippen LogP contribution in [-0.4, -0.2) is 23.5 Å². The zero-order valence-corrected chi connectivity index (χ0v) is 15.4. The minimum atomic E-state index is -0.958. The van der Waals surface area contributed by atoms with Crippen molar-refractivity contribution < 1.29 is 9.53 Å². The van der Waals surface area contributed by atoms with Crippen LogP contribution in [0.4, 0.5) is 0 Å². The summed E-state index contributed by atoms with van der Waals surface area (Å²) in [7, 11) is 0. The Balaban J connectivity index is 1.89. The van der Waals surface area contributed by atoms with Gasteiger partial charge in [-0.1, -0.05) is 28.1 Å². The van der Waals surface area contributed by atoms with Crippen molar-refractivity contribution in [3.63, 3.8) is 0 Å². The summed E-state index contributed by atoms with van der Waals surface area (Å²) in [5.41, 5.74) is -0.0559. The summed E-state index contributed by atoms with van der Waals surface area (Å²) < 4.78 is 5.52. The molecule has 2 fully saturated rings. The maximum atomic E-state index is 12.7. The third-order valence-electron chi connectivity index (χ3n) is 4.84. The van der Waals surface area contributed by atoms with Gasteiger partial charge in [0.2, 0.25) is 5.91 Å². The van der Waals surface area contributed by atoms with Crippen LogP contribution in [0.2, 0.25) is 0 Å². The molecule has 6 heteroatoms. The number of hydrogen-bond acceptors (Lipinski definition) is 2. The number of rotatable bonds is 3. The molecule has 1 saturated carbocycles. The van der Waals surface area contributed by atoms with Gasteiger partial charge >= 0.3 is 0 Å². The monoisotopic (exact) mass is 405 g/mol. The number of carbonyl (C=O) groups excluding carboxylic acids is 1. The molecule has 1 unspecified atom stereocenters. The Morgan fingerprint density at radius 3 is 2.50 bits per heavy atom. The SMILES string of the molecule is CC1(C(=O)NC2(c3cccc(Br)c3)CCOCC2)CC1(Cl)Cl. The van der Waals surface area contributed by atoms with Gasteiger partial charge < -0.3 is 10.1 Å².